The minimum atomic E-state index is -0.986. The summed E-state index contributed by atoms with van der Waals surface area (Å²) in [6.07, 6.45) is 1.86. The number of hydrogen-bond donors (Lipinski definition) is 3. The molecule has 0 unspecified atom stereocenters. The maximum atomic E-state index is 11.9. The Bertz CT molecular complexity index is 387. The van der Waals surface area contributed by atoms with Crippen LogP contribution in [0.4, 0.5) is 4.79 Å². The first-order valence-electron chi connectivity index (χ1n) is 6.77. The van der Waals surface area contributed by atoms with Gasteiger partial charge in [-0.3, -0.25) is 9.59 Å². The van der Waals surface area contributed by atoms with Crippen molar-refractivity contribution in [1.82, 2.24) is 10.2 Å². The molecule has 0 aromatic heterocycles. The Morgan fingerprint density at radius 3 is 2.30 bits per heavy atom. The van der Waals surface area contributed by atoms with Crippen LogP contribution in [0, 0.1) is 11.3 Å². The van der Waals surface area contributed by atoms with E-state index in [2.05, 4.69) is 5.32 Å². The summed E-state index contributed by atoms with van der Waals surface area (Å²) in [5.74, 6) is -1.01. The highest BCUT2D eigenvalue weighted by Gasteiger charge is 2.29. The number of carbonyl (C=O) groups is 3. The molecule has 1 aliphatic rings. The predicted octanol–water partition coefficient (Wildman–Crippen LogP) is 0.394. The summed E-state index contributed by atoms with van der Waals surface area (Å²) in [6.45, 7) is 4.35. The monoisotopic (exact) mass is 285 g/mol. The van der Waals surface area contributed by atoms with Gasteiger partial charge in [-0.25, -0.2) is 4.79 Å². The highest BCUT2D eigenvalue weighted by Crippen LogP contribution is 2.20. The van der Waals surface area contributed by atoms with Gasteiger partial charge in [-0.05, 0) is 32.6 Å². The van der Waals surface area contributed by atoms with E-state index < -0.39 is 11.4 Å². The molecule has 1 heterocycles. The van der Waals surface area contributed by atoms with Crippen LogP contribution in [-0.4, -0.2) is 47.5 Å². The van der Waals surface area contributed by atoms with Gasteiger partial charge in [0.25, 0.3) is 0 Å². The summed E-state index contributed by atoms with van der Waals surface area (Å²) in [5.41, 5.74) is 4.17. The second kappa shape index (κ2) is 6.58. The Balaban J connectivity index is 2.36. The molecule has 20 heavy (non-hydrogen) atoms. The molecule has 0 aliphatic carbocycles. The molecule has 1 fully saturated rings. The molecule has 7 nitrogen and oxygen atoms in total. The second-order valence-corrected chi connectivity index (χ2v) is 5.95. The zero-order chi connectivity index (χ0) is 15.3. The van der Waals surface area contributed by atoms with Gasteiger partial charge in [-0.1, -0.05) is 0 Å². The van der Waals surface area contributed by atoms with Crippen LogP contribution < -0.4 is 11.1 Å². The number of carboxylic acid groups (broad SMARTS) is 1. The van der Waals surface area contributed by atoms with Crippen LogP contribution in [0.1, 0.15) is 33.1 Å². The number of amides is 3. The van der Waals surface area contributed by atoms with Crippen LogP contribution in [-0.2, 0) is 9.59 Å². The highest BCUT2D eigenvalue weighted by molar-refractivity contribution is 5.77. The first-order chi connectivity index (χ1) is 9.22. The molecule has 7 heteroatoms. The molecule has 0 atom stereocenters. The number of aliphatic carboxylic acids is 1. The molecular formula is C13H23N3O4. The Morgan fingerprint density at radius 1 is 1.30 bits per heavy atom. The van der Waals surface area contributed by atoms with E-state index in [1.807, 2.05) is 0 Å². The van der Waals surface area contributed by atoms with E-state index in [0.717, 1.165) is 12.8 Å². The van der Waals surface area contributed by atoms with Crippen molar-refractivity contribution in [1.29, 1.82) is 0 Å². The van der Waals surface area contributed by atoms with E-state index in [0.29, 0.717) is 19.5 Å². The second-order valence-electron chi connectivity index (χ2n) is 5.95. The van der Waals surface area contributed by atoms with Gasteiger partial charge in [0.15, 0.2) is 0 Å². The number of rotatable bonds is 5. The zero-order valence-electron chi connectivity index (χ0n) is 12.0. The fourth-order valence-electron chi connectivity index (χ4n) is 2.11. The lowest BCUT2D eigenvalue weighted by atomic mass is 9.93. The largest absolute Gasteiger partial charge is 0.481 e. The number of hydrogen-bond acceptors (Lipinski definition) is 3. The summed E-state index contributed by atoms with van der Waals surface area (Å²) in [7, 11) is 0. The molecule has 0 spiro atoms. The lowest BCUT2D eigenvalue weighted by molar-refractivity contribution is -0.146. The molecule has 0 saturated carbocycles. The molecule has 1 rings (SSSR count). The number of carboxylic acids is 1. The molecule has 4 N–H and O–H groups in total. The number of nitrogens with one attached hydrogen (secondary N) is 1. The number of primary amides is 1. The standard InChI is InChI=1S/C13H23N3O4/c1-13(2,11(18)19)8-15-12(20)16-5-3-9(4-6-16)7-10(14)17/h9H,3-8H2,1-2H3,(H2,14,17)(H,15,20)(H,18,19). The average molecular weight is 285 g/mol. The van der Waals surface area contributed by atoms with Crippen molar-refractivity contribution in [2.75, 3.05) is 19.6 Å². The predicted molar refractivity (Wildman–Crippen MR) is 72.9 cm³/mol. The normalized spacial score (nSPS) is 16.8. The smallest absolute Gasteiger partial charge is 0.317 e. The minimum absolute atomic E-state index is 0.0857. The van der Waals surface area contributed by atoms with E-state index in [1.165, 1.54) is 0 Å². The van der Waals surface area contributed by atoms with Gasteiger partial charge in [0.1, 0.15) is 0 Å². The maximum absolute atomic E-state index is 11.9. The van der Waals surface area contributed by atoms with Crippen LogP contribution in [0.3, 0.4) is 0 Å². The van der Waals surface area contributed by atoms with Crippen molar-refractivity contribution in [3.63, 3.8) is 0 Å². The molecule has 3 amide bonds. The van der Waals surface area contributed by atoms with Crippen molar-refractivity contribution in [2.24, 2.45) is 17.1 Å². The Kier molecular flexibility index (Phi) is 5.35. The third-order valence-electron chi connectivity index (χ3n) is 3.65. The molecular weight excluding hydrogens is 262 g/mol. The van der Waals surface area contributed by atoms with Crippen molar-refractivity contribution in [2.45, 2.75) is 33.1 Å². The Morgan fingerprint density at radius 2 is 1.85 bits per heavy atom. The van der Waals surface area contributed by atoms with E-state index in [1.54, 1.807) is 18.7 Å². The van der Waals surface area contributed by atoms with Crippen LogP contribution in [0.5, 0.6) is 0 Å². The maximum Gasteiger partial charge on any atom is 0.317 e. The van der Waals surface area contributed by atoms with Crippen molar-refractivity contribution < 1.29 is 19.5 Å². The number of urea groups is 1. The lowest BCUT2D eigenvalue weighted by Gasteiger charge is -2.32. The van der Waals surface area contributed by atoms with E-state index in [4.69, 9.17) is 10.8 Å². The van der Waals surface area contributed by atoms with Gasteiger partial charge >= 0.3 is 12.0 Å². The van der Waals surface area contributed by atoms with E-state index in [9.17, 15) is 14.4 Å². The molecule has 0 aromatic rings. The number of piperidine rings is 1. The molecule has 1 saturated heterocycles. The summed E-state index contributed by atoms with van der Waals surface area (Å²) >= 11 is 0. The zero-order valence-corrected chi connectivity index (χ0v) is 12.0. The summed E-state index contributed by atoms with van der Waals surface area (Å²) in [5, 5.41) is 11.6. The summed E-state index contributed by atoms with van der Waals surface area (Å²) in [4.78, 5) is 35.4. The number of nitrogens with zero attached hydrogens (tertiary/aromatic N) is 1. The van der Waals surface area contributed by atoms with Crippen LogP contribution in [0.15, 0.2) is 0 Å². The number of carbonyl (C=O) groups excluding carboxylic acids is 2. The van der Waals surface area contributed by atoms with Gasteiger partial charge < -0.3 is 21.1 Å². The molecule has 0 bridgehead atoms. The van der Waals surface area contributed by atoms with E-state index in [-0.39, 0.29) is 24.4 Å². The highest BCUT2D eigenvalue weighted by atomic mass is 16.4. The third kappa shape index (κ3) is 4.71. The lowest BCUT2D eigenvalue weighted by Crippen LogP contribution is -2.48. The SMILES string of the molecule is CC(C)(CNC(=O)N1CCC(CC(N)=O)CC1)C(=O)O. The third-order valence-corrected chi connectivity index (χ3v) is 3.65. The molecule has 114 valence electrons. The minimum Gasteiger partial charge on any atom is -0.481 e. The van der Waals surface area contributed by atoms with Crippen LogP contribution >= 0.6 is 0 Å². The van der Waals surface area contributed by atoms with Crippen molar-refractivity contribution >= 4 is 17.9 Å². The number of nitrogens with two attached hydrogens (primary N) is 1. The first kappa shape index (κ1) is 16.3. The molecule has 1 aliphatic heterocycles. The fourth-order valence-corrected chi connectivity index (χ4v) is 2.11. The Labute approximate surface area is 118 Å². The summed E-state index contributed by atoms with van der Waals surface area (Å²) < 4.78 is 0. The first-order valence-corrected chi connectivity index (χ1v) is 6.77. The van der Waals surface area contributed by atoms with Gasteiger partial charge in [0, 0.05) is 26.1 Å². The van der Waals surface area contributed by atoms with Gasteiger partial charge in [-0.15, -0.1) is 0 Å². The van der Waals surface area contributed by atoms with Gasteiger partial charge in [0.05, 0.1) is 5.41 Å². The summed E-state index contributed by atoms with van der Waals surface area (Å²) in [6, 6.07) is -0.253. The van der Waals surface area contributed by atoms with Crippen LogP contribution in [0.2, 0.25) is 0 Å². The molecule has 0 aromatic carbocycles. The Hall–Kier alpha value is -1.79. The molecule has 0 radical (unpaired) electrons. The topological polar surface area (TPSA) is 113 Å². The van der Waals surface area contributed by atoms with E-state index >= 15 is 0 Å². The fraction of sp³-hybridized carbons (Fsp3) is 0.769. The number of likely N-dealkylation sites (tertiary alicyclic amines) is 1. The van der Waals surface area contributed by atoms with Crippen molar-refractivity contribution in [3.8, 4) is 0 Å². The quantitative estimate of drug-likeness (QED) is 0.678. The average Bonchev–Trinajstić information content (AvgIpc) is 2.36. The van der Waals surface area contributed by atoms with Crippen LogP contribution in [0.25, 0.3) is 0 Å². The van der Waals surface area contributed by atoms with Crippen molar-refractivity contribution in [3.05, 3.63) is 0 Å². The van der Waals surface area contributed by atoms with Gasteiger partial charge in [-0.2, -0.15) is 0 Å². The van der Waals surface area contributed by atoms with Gasteiger partial charge in [0.2, 0.25) is 5.91 Å².